The van der Waals surface area contributed by atoms with Gasteiger partial charge in [-0.25, -0.2) is 0 Å². The normalized spacial score (nSPS) is 15.9. The van der Waals surface area contributed by atoms with Gasteiger partial charge in [0.15, 0.2) is 5.11 Å². The van der Waals surface area contributed by atoms with Crippen LogP contribution in [-0.4, -0.2) is 41.2 Å². The summed E-state index contributed by atoms with van der Waals surface area (Å²) >= 11 is 5.21. The summed E-state index contributed by atoms with van der Waals surface area (Å²) in [5.41, 5.74) is 0. The Labute approximate surface area is 105 Å². The zero-order chi connectivity index (χ0) is 12.1. The van der Waals surface area contributed by atoms with Crippen molar-refractivity contribution >= 4 is 17.3 Å². The number of rotatable bonds is 6. The molecule has 0 saturated heterocycles. The third-order valence-corrected chi connectivity index (χ3v) is 3.16. The van der Waals surface area contributed by atoms with E-state index in [4.69, 9.17) is 12.2 Å². The molecule has 0 amide bonds. The van der Waals surface area contributed by atoms with Crippen LogP contribution >= 0.6 is 12.2 Å². The molecule has 1 rings (SSSR count). The van der Waals surface area contributed by atoms with Crippen molar-refractivity contribution in [1.29, 1.82) is 0 Å². The first kappa shape index (κ1) is 13.7. The van der Waals surface area contributed by atoms with Gasteiger partial charge >= 0.3 is 0 Å². The van der Waals surface area contributed by atoms with Gasteiger partial charge in [-0.05, 0) is 52.8 Å². The Hall–Kier alpha value is -0.350. The van der Waals surface area contributed by atoms with E-state index < -0.39 is 0 Å². The molecule has 2 N–H and O–H groups in total. The third-order valence-electron chi connectivity index (χ3n) is 2.89. The first-order valence-corrected chi connectivity index (χ1v) is 6.71. The molecule has 0 aromatic heterocycles. The van der Waals surface area contributed by atoms with Crippen molar-refractivity contribution < 1.29 is 0 Å². The standard InChI is InChI=1S/C12H25N3S/c1-9(2)15(10(3)4)8-7-13-12(16)14-11-5-6-11/h9-11H,5-8H2,1-4H3,(H2,13,14,16). The summed E-state index contributed by atoms with van der Waals surface area (Å²) in [4.78, 5) is 2.47. The number of hydrogen-bond acceptors (Lipinski definition) is 2. The highest BCUT2D eigenvalue weighted by Crippen LogP contribution is 2.18. The fraction of sp³-hybridized carbons (Fsp3) is 0.917. The molecule has 0 aromatic carbocycles. The summed E-state index contributed by atoms with van der Waals surface area (Å²) in [7, 11) is 0. The highest BCUT2D eigenvalue weighted by molar-refractivity contribution is 7.80. The predicted octanol–water partition coefficient (Wildman–Crippen LogP) is 1.73. The second-order valence-electron chi connectivity index (χ2n) is 5.10. The van der Waals surface area contributed by atoms with Crippen molar-refractivity contribution in [2.75, 3.05) is 13.1 Å². The van der Waals surface area contributed by atoms with Crippen LogP contribution in [-0.2, 0) is 0 Å². The summed E-state index contributed by atoms with van der Waals surface area (Å²) in [5.74, 6) is 0. The van der Waals surface area contributed by atoms with Crippen molar-refractivity contribution in [2.45, 2.75) is 58.7 Å². The number of hydrogen-bond donors (Lipinski definition) is 2. The molecule has 3 nitrogen and oxygen atoms in total. The maximum atomic E-state index is 5.21. The van der Waals surface area contributed by atoms with E-state index in [-0.39, 0.29) is 0 Å². The van der Waals surface area contributed by atoms with E-state index in [0.717, 1.165) is 18.2 Å². The Morgan fingerprint density at radius 2 is 1.81 bits per heavy atom. The molecular formula is C12H25N3S. The van der Waals surface area contributed by atoms with E-state index in [9.17, 15) is 0 Å². The predicted molar refractivity (Wildman–Crippen MR) is 73.7 cm³/mol. The smallest absolute Gasteiger partial charge is 0.166 e. The molecule has 0 radical (unpaired) electrons. The Balaban J connectivity index is 2.13. The number of thiocarbonyl (C=S) groups is 1. The highest BCUT2D eigenvalue weighted by Gasteiger charge is 2.21. The first-order valence-electron chi connectivity index (χ1n) is 6.30. The minimum atomic E-state index is 0.590. The van der Waals surface area contributed by atoms with Crippen molar-refractivity contribution in [1.82, 2.24) is 15.5 Å². The van der Waals surface area contributed by atoms with Gasteiger partial charge in [-0.3, -0.25) is 4.90 Å². The molecule has 16 heavy (non-hydrogen) atoms. The molecule has 1 aliphatic carbocycles. The van der Waals surface area contributed by atoms with Crippen LogP contribution in [0.4, 0.5) is 0 Å². The fourth-order valence-corrected chi connectivity index (χ4v) is 2.14. The van der Waals surface area contributed by atoms with Gasteiger partial charge in [0.05, 0.1) is 0 Å². The summed E-state index contributed by atoms with van der Waals surface area (Å²) in [6, 6.07) is 1.82. The van der Waals surface area contributed by atoms with Gasteiger partial charge in [0.2, 0.25) is 0 Å². The maximum Gasteiger partial charge on any atom is 0.166 e. The topological polar surface area (TPSA) is 27.3 Å². The van der Waals surface area contributed by atoms with Crippen LogP contribution in [0.5, 0.6) is 0 Å². The first-order chi connectivity index (χ1) is 7.50. The molecular weight excluding hydrogens is 218 g/mol. The van der Waals surface area contributed by atoms with Crippen LogP contribution in [0.1, 0.15) is 40.5 Å². The molecule has 1 aliphatic rings. The largest absolute Gasteiger partial charge is 0.361 e. The average Bonchev–Trinajstić information content (AvgIpc) is 2.94. The van der Waals surface area contributed by atoms with Crippen molar-refractivity contribution in [2.24, 2.45) is 0 Å². The number of nitrogens with one attached hydrogen (secondary N) is 2. The van der Waals surface area contributed by atoms with E-state index in [1.165, 1.54) is 12.8 Å². The van der Waals surface area contributed by atoms with Crippen LogP contribution in [0.15, 0.2) is 0 Å². The van der Waals surface area contributed by atoms with E-state index in [1.54, 1.807) is 0 Å². The Morgan fingerprint density at radius 3 is 2.25 bits per heavy atom. The van der Waals surface area contributed by atoms with Crippen LogP contribution in [0.2, 0.25) is 0 Å². The molecule has 0 heterocycles. The molecule has 94 valence electrons. The lowest BCUT2D eigenvalue weighted by atomic mass is 10.2. The Kier molecular flexibility index (Phi) is 5.49. The zero-order valence-corrected chi connectivity index (χ0v) is 11.7. The molecule has 1 fully saturated rings. The second kappa shape index (κ2) is 6.40. The molecule has 4 heteroatoms. The molecule has 0 unspecified atom stereocenters. The summed E-state index contributed by atoms with van der Waals surface area (Å²) in [6.07, 6.45) is 2.54. The van der Waals surface area contributed by atoms with Crippen molar-refractivity contribution in [3.05, 3.63) is 0 Å². The van der Waals surface area contributed by atoms with E-state index in [2.05, 4.69) is 43.2 Å². The van der Waals surface area contributed by atoms with Crippen molar-refractivity contribution in [3.8, 4) is 0 Å². The lowest BCUT2D eigenvalue weighted by Crippen LogP contribution is -2.44. The minimum Gasteiger partial charge on any atom is -0.361 e. The summed E-state index contributed by atoms with van der Waals surface area (Å²) in [5, 5.41) is 7.38. The molecule has 0 spiro atoms. The van der Waals surface area contributed by atoms with Gasteiger partial charge < -0.3 is 10.6 Å². The van der Waals surface area contributed by atoms with Crippen LogP contribution in [0.25, 0.3) is 0 Å². The van der Waals surface area contributed by atoms with Crippen LogP contribution in [0.3, 0.4) is 0 Å². The van der Waals surface area contributed by atoms with Crippen LogP contribution in [0, 0.1) is 0 Å². The average molecular weight is 243 g/mol. The highest BCUT2D eigenvalue weighted by atomic mass is 32.1. The van der Waals surface area contributed by atoms with E-state index >= 15 is 0 Å². The molecule has 0 aliphatic heterocycles. The minimum absolute atomic E-state index is 0.590. The summed E-state index contributed by atoms with van der Waals surface area (Å²) in [6.45, 7) is 10.9. The zero-order valence-electron chi connectivity index (χ0n) is 10.9. The molecule has 0 bridgehead atoms. The van der Waals surface area contributed by atoms with Gasteiger partial charge in [0.1, 0.15) is 0 Å². The molecule has 1 saturated carbocycles. The van der Waals surface area contributed by atoms with Crippen molar-refractivity contribution in [3.63, 3.8) is 0 Å². The van der Waals surface area contributed by atoms with E-state index in [0.29, 0.717) is 18.1 Å². The monoisotopic (exact) mass is 243 g/mol. The second-order valence-corrected chi connectivity index (χ2v) is 5.51. The van der Waals surface area contributed by atoms with Gasteiger partial charge in [0, 0.05) is 31.2 Å². The molecule has 0 atom stereocenters. The van der Waals surface area contributed by atoms with Gasteiger partial charge in [-0.2, -0.15) is 0 Å². The SMILES string of the molecule is CC(C)N(CCNC(=S)NC1CC1)C(C)C. The van der Waals surface area contributed by atoms with Gasteiger partial charge in [-0.15, -0.1) is 0 Å². The fourth-order valence-electron chi connectivity index (χ4n) is 1.88. The number of nitrogens with zero attached hydrogens (tertiary/aromatic N) is 1. The Bertz CT molecular complexity index is 216. The molecule has 0 aromatic rings. The van der Waals surface area contributed by atoms with E-state index in [1.807, 2.05) is 0 Å². The third kappa shape index (κ3) is 5.12. The Morgan fingerprint density at radius 1 is 1.25 bits per heavy atom. The lowest BCUT2D eigenvalue weighted by molar-refractivity contribution is 0.178. The maximum absolute atomic E-state index is 5.21. The van der Waals surface area contributed by atoms with Gasteiger partial charge in [-0.1, -0.05) is 0 Å². The summed E-state index contributed by atoms with van der Waals surface area (Å²) < 4.78 is 0. The van der Waals surface area contributed by atoms with Gasteiger partial charge in [0.25, 0.3) is 0 Å². The lowest BCUT2D eigenvalue weighted by Gasteiger charge is -2.30. The quantitative estimate of drug-likeness (QED) is 0.695. The van der Waals surface area contributed by atoms with Crippen LogP contribution < -0.4 is 10.6 Å².